The summed E-state index contributed by atoms with van der Waals surface area (Å²) < 4.78 is 26.4. The minimum absolute atomic E-state index is 0.0956. The maximum atomic E-state index is 11.2. The molecule has 0 amide bonds. The lowest BCUT2D eigenvalue weighted by Crippen LogP contribution is -2.39. The third-order valence-electron chi connectivity index (χ3n) is 2.99. The first-order valence-electron chi connectivity index (χ1n) is 6.76. The Labute approximate surface area is 128 Å². The molecule has 0 saturated carbocycles. The average molecular weight is 310 g/mol. The van der Waals surface area contributed by atoms with Gasteiger partial charge in [-0.1, -0.05) is 0 Å². The maximum absolute atomic E-state index is 11.2. The molecule has 1 fully saturated rings. The van der Waals surface area contributed by atoms with Crippen LogP contribution in [0, 0.1) is 0 Å². The molecule has 3 atom stereocenters. The van der Waals surface area contributed by atoms with E-state index in [1.54, 1.807) is 31.4 Å². The lowest BCUT2D eigenvalue weighted by molar-refractivity contribution is -0.170. The zero-order valence-corrected chi connectivity index (χ0v) is 12.6. The van der Waals surface area contributed by atoms with Gasteiger partial charge in [0.1, 0.15) is 11.5 Å². The van der Waals surface area contributed by atoms with Crippen molar-refractivity contribution in [3.05, 3.63) is 24.3 Å². The number of carbonyl (C=O) groups excluding carboxylic acids is 2. The first-order chi connectivity index (χ1) is 10.5. The zero-order valence-electron chi connectivity index (χ0n) is 12.6. The Morgan fingerprint density at radius 1 is 1.05 bits per heavy atom. The van der Waals surface area contributed by atoms with E-state index in [4.69, 9.17) is 23.7 Å². The largest absolute Gasteiger partial charge is 0.497 e. The van der Waals surface area contributed by atoms with Gasteiger partial charge in [0.2, 0.25) is 12.4 Å². The highest BCUT2D eigenvalue weighted by molar-refractivity contribution is 5.67. The van der Waals surface area contributed by atoms with Crippen LogP contribution in [0.3, 0.4) is 0 Å². The summed E-state index contributed by atoms with van der Waals surface area (Å²) >= 11 is 0. The molecule has 0 aliphatic carbocycles. The summed E-state index contributed by atoms with van der Waals surface area (Å²) in [5.74, 6) is 0.229. The van der Waals surface area contributed by atoms with E-state index < -0.39 is 30.4 Å². The lowest BCUT2D eigenvalue weighted by atomic mass is 10.2. The Kier molecular flexibility index (Phi) is 5.21. The first-order valence-corrected chi connectivity index (χ1v) is 6.76. The number of methoxy groups -OCH3 is 1. The van der Waals surface area contributed by atoms with Crippen LogP contribution < -0.4 is 9.47 Å². The van der Waals surface area contributed by atoms with E-state index in [0.717, 1.165) is 0 Å². The molecule has 0 spiro atoms. The monoisotopic (exact) mass is 310 g/mol. The summed E-state index contributed by atoms with van der Waals surface area (Å²) in [5, 5.41) is 0. The van der Waals surface area contributed by atoms with Gasteiger partial charge in [-0.25, -0.2) is 0 Å². The number of hydrogen-bond acceptors (Lipinski definition) is 7. The normalized spacial score (nSPS) is 23.7. The van der Waals surface area contributed by atoms with Crippen molar-refractivity contribution in [2.45, 2.75) is 32.3 Å². The Bertz CT molecular complexity index is 525. The van der Waals surface area contributed by atoms with E-state index in [9.17, 15) is 9.59 Å². The fraction of sp³-hybridized carbons (Fsp3) is 0.467. The minimum atomic E-state index is -0.846. The van der Waals surface area contributed by atoms with Gasteiger partial charge < -0.3 is 23.7 Å². The van der Waals surface area contributed by atoms with Gasteiger partial charge in [0.25, 0.3) is 0 Å². The number of ether oxygens (including phenoxy) is 5. The molecular formula is C15H18O7. The molecule has 0 radical (unpaired) electrons. The molecule has 22 heavy (non-hydrogen) atoms. The predicted octanol–water partition coefficient (Wildman–Crippen LogP) is 1.29. The van der Waals surface area contributed by atoms with Gasteiger partial charge in [-0.2, -0.15) is 0 Å². The van der Waals surface area contributed by atoms with Crippen LogP contribution in [0.15, 0.2) is 24.3 Å². The number of hydrogen-bond donors (Lipinski definition) is 0. The van der Waals surface area contributed by atoms with Crippen LogP contribution in [0.25, 0.3) is 0 Å². The molecule has 0 N–H and O–H groups in total. The van der Waals surface area contributed by atoms with Gasteiger partial charge in [-0.05, 0) is 24.3 Å². The Morgan fingerprint density at radius 2 is 1.64 bits per heavy atom. The zero-order chi connectivity index (χ0) is 16.1. The quantitative estimate of drug-likeness (QED) is 0.758. The van der Waals surface area contributed by atoms with Crippen molar-refractivity contribution in [3.8, 4) is 11.5 Å². The van der Waals surface area contributed by atoms with Crippen LogP contribution in [0.2, 0.25) is 0 Å². The Morgan fingerprint density at radius 3 is 2.18 bits per heavy atom. The molecule has 1 aromatic rings. The van der Waals surface area contributed by atoms with Crippen molar-refractivity contribution < 1.29 is 33.3 Å². The molecule has 2 rings (SSSR count). The Hall–Kier alpha value is -2.28. The molecule has 1 saturated heterocycles. The van der Waals surface area contributed by atoms with Crippen LogP contribution in [0.1, 0.15) is 13.8 Å². The summed E-state index contributed by atoms with van der Waals surface area (Å²) in [5.41, 5.74) is 0. The second-order valence-electron chi connectivity index (χ2n) is 4.72. The van der Waals surface area contributed by atoms with Crippen LogP contribution in [-0.2, 0) is 23.8 Å². The molecule has 1 unspecified atom stereocenters. The van der Waals surface area contributed by atoms with Crippen molar-refractivity contribution >= 4 is 11.9 Å². The van der Waals surface area contributed by atoms with Gasteiger partial charge in [0, 0.05) is 13.8 Å². The molecular weight excluding hydrogens is 292 g/mol. The van der Waals surface area contributed by atoms with E-state index in [1.165, 1.54) is 13.8 Å². The van der Waals surface area contributed by atoms with Crippen LogP contribution in [0.4, 0.5) is 0 Å². The number of rotatable bonds is 5. The van der Waals surface area contributed by atoms with E-state index >= 15 is 0 Å². The summed E-state index contributed by atoms with van der Waals surface area (Å²) in [7, 11) is 1.57. The molecule has 7 nitrogen and oxygen atoms in total. The van der Waals surface area contributed by atoms with Gasteiger partial charge in [-0.15, -0.1) is 0 Å². The van der Waals surface area contributed by atoms with E-state index in [1.807, 2.05) is 0 Å². The van der Waals surface area contributed by atoms with Crippen molar-refractivity contribution in [3.63, 3.8) is 0 Å². The molecule has 0 bridgehead atoms. The molecule has 1 aromatic carbocycles. The molecule has 1 aliphatic rings. The summed E-state index contributed by atoms with van der Waals surface area (Å²) in [4.78, 5) is 22.3. The highest BCUT2D eigenvalue weighted by atomic mass is 16.7. The summed E-state index contributed by atoms with van der Waals surface area (Å²) in [6, 6.07) is 6.86. The van der Waals surface area contributed by atoms with Gasteiger partial charge in [0.05, 0.1) is 13.7 Å². The lowest BCUT2D eigenvalue weighted by Gasteiger charge is -2.22. The highest BCUT2D eigenvalue weighted by Crippen LogP contribution is 2.26. The fourth-order valence-electron chi connectivity index (χ4n) is 2.08. The highest BCUT2D eigenvalue weighted by Gasteiger charge is 2.43. The third-order valence-corrected chi connectivity index (χ3v) is 2.99. The second-order valence-corrected chi connectivity index (χ2v) is 4.72. The molecule has 0 aromatic heterocycles. The number of benzene rings is 1. The third kappa shape index (κ3) is 4.11. The second kappa shape index (κ2) is 7.13. The minimum Gasteiger partial charge on any atom is -0.497 e. The summed E-state index contributed by atoms with van der Waals surface area (Å²) in [6.45, 7) is 2.65. The van der Waals surface area contributed by atoms with E-state index in [0.29, 0.717) is 11.5 Å². The van der Waals surface area contributed by atoms with Gasteiger partial charge >= 0.3 is 11.9 Å². The smallest absolute Gasteiger partial charge is 0.303 e. The fourth-order valence-corrected chi connectivity index (χ4v) is 2.08. The molecule has 1 heterocycles. The number of esters is 2. The summed E-state index contributed by atoms with van der Waals surface area (Å²) in [6.07, 6.45) is -2.35. The molecule has 1 aliphatic heterocycles. The van der Waals surface area contributed by atoms with Crippen LogP contribution in [-0.4, -0.2) is 44.2 Å². The number of carbonyl (C=O) groups is 2. The SMILES string of the molecule is COc1ccc(OC2OC[C@@H](OC(C)=O)[C@H]2OC(C)=O)cc1. The predicted molar refractivity (Wildman–Crippen MR) is 74.5 cm³/mol. The molecule has 120 valence electrons. The topological polar surface area (TPSA) is 80.3 Å². The maximum Gasteiger partial charge on any atom is 0.303 e. The van der Waals surface area contributed by atoms with Crippen molar-refractivity contribution in [1.29, 1.82) is 0 Å². The Balaban J connectivity index is 2.06. The van der Waals surface area contributed by atoms with E-state index in [-0.39, 0.29) is 6.61 Å². The molecule has 7 heteroatoms. The van der Waals surface area contributed by atoms with Crippen molar-refractivity contribution in [2.75, 3.05) is 13.7 Å². The van der Waals surface area contributed by atoms with Crippen molar-refractivity contribution in [2.24, 2.45) is 0 Å². The first kappa shape index (κ1) is 16.1. The van der Waals surface area contributed by atoms with Crippen LogP contribution in [0.5, 0.6) is 11.5 Å². The van der Waals surface area contributed by atoms with E-state index in [2.05, 4.69) is 0 Å². The average Bonchev–Trinajstić information content (AvgIpc) is 2.81. The van der Waals surface area contributed by atoms with Gasteiger partial charge in [0.15, 0.2) is 6.10 Å². The van der Waals surface area contributed by atoms with Gasteiger partial charge in [-0.3, -0.25) is 9.59 Å². The standard InChI is InChI=1S/C15H18O7/c1-9(16)20-13-8-19-15(14(13)21-10(2)17)22-12-6-4-11(18-3)5-7-12/h4-7,13-15H,8H2,1-3H3/t13-,14-,15?/m1/s1. The van der Waals surface area contributed by atoms with Crippen LogP contribution >= 0.6 is 0 Å². The van der Waals surface area contributed by atoms with Crippen molar-refractivity contribution in [1.82, 2.24) is 0 Å².